The zero-order valence-corrected chi connectivity index (χ0v) is 9.94. The van der Waals surface area contributed by atoms with Gasteiger partial charge in [-0.15, -0.1) is 0 Å². The molecular weight excluding hydrogens is 222 g/mol. The van der Waals surface area contributed by atoms with Crippen LogP contribution in [0.15, 0.2) is 0 Å². The van der Waals surface area contributed by atoms with E-state index >= 15 is 0 Å². The van der Waals surface area contributed by atoms with Gasteiger partial charge in [0.1, 0.15) is 6.54 Å². The number of nitrogens with one attached hydrogen (secondary N) is 1. The second kappa shape index (κ2) is 6.86. The highest BCUT2D eigenvalue weighted by Gasteiger charge is 2.21. The third-order valence-corrected chi connectivity index (χ3v) is 2.49. The number of amides is 2. The van der Waals surface area contributed by atoms with Crippen LogP contribution in [0, 0.1) is 17.2 Å². The Balaban J connectivity index is 2.11. The largest absolute Gasteiger partial charge is 0.379 e. The number of hydrogen-bond acceptors (Lipinski definition) is 4. The number of carbonyl (C=O) groups excluding carboxylic acids is 2. The van der Waals surface area contributed by atoms with Gasteiger partial charge >= 0.3 is 11.8 Å². The topological polar surface area (TPSA) is 82.4 Å². The fraction of sp³-hybridized carbons (Fsp3) is 0.727. The number of hydrogen-bond donors (Lipinski definition) is 1. The lowest BCUT2D eigenvalue weighted by Crippen LogP contribution is -2.42. The van der Waals surface area contributed by atoms with Crippen LogP contribution in [-0.2, 0) is 14.3 Å². The molecule has 0 radical (unpaired) electrons. The predicted octanol–water partition coefficient (Wildman–Crippen LogP) is -0.489. The molecule has 1 aliphatic rings. The van der Waals surface area contributed by atoms with Crippen molar-refractivity contribution in [1.29, 1.82) is 5.26 Å². The van der Waals surface area contributed by atoms with E-state index in [0.717, 1.165) is 6.61 Å². The summed E-state index contributed by atoms with van der Waals surface area (Å²) in [5.41, 5.74) is 0. The van der Waals surface area contributed by atoms with E-state index in [9.17, 15) is 9.59 Å². The summed E-state index contributed by atoms with van der Waals surface area (Å²) in [5.74, 6) is -0.707. The van der Waals surface area contributed by atoms with E-state index in [1.165, 1.54) is 24.8 Å². The standard InChI is InChI=1S/C11H17N3O3/c1-14(6-7-17-8-9-2-3-9)11(16)10(15)13-5-4-12/h9H,2-3,5-8H2,1H3,(H,13,15). The van der Waals surface area contributed by atoms with Crippen LogP contribution in [0.1, 0.15) is 12.8 Å². The fourth-order valence-corrected chi connectivity index (χ4v) is 1.21. The van der Waals surface area contributed by atoms with Crippen molar-refractivity contribution in [3.8, 4) is 6.07 Å². The minimum absolute atomic E-state index is 0.156. The molecule has 94 valence electrons. The smallest absolute Gasteiger partial charge is 0.311 e. The van der Waals surface area contributed by atoms with E-state index in [4.69, 9.17) is 10.00 Å². The van der Waals surface area contributed by atoms with Gasteiger partial charge in [-0.25, -0.2) is 0 Å². The van der Waals surface area contributed by atoms with Crippen LogP contribution in [0.4, 0.5) is 0 Å². The number of nitriles is 1. The number of rotatable bonds is 6. The van der Waals surface area contributed by atoms with E-state index in [2.05, 4.69) is 5.32 Å². The average Bonchev–Trinajstić information content (AvgIpc) is 3.14. The molecule has 0 unspecified atom stereocenters. The molecule has 0 aromatic carbocycles. The van der Waals surface area contributed by atoms with E-state index in [0.29, 0.717) is 19.1 Å². The van der Waals surface area contributed by atoms with Gasteiger partial charge in [0, 0.05) is 20.2 Å². The van der Waals surface area contributed by atoms with Crippen molar-refractivity contribution in [3.63, 3.8) is 0 Å². The Kier molecular flexibility index (Phi) is 5.43. The van der Waals surface area contributed by atoms with Crippen molar-refractivity contribution in [2.45, 2.75) is 12.8 Å². The van der Waals surface area contributed by atoms with Crippen molar-refractivity contribution >= 4 is 11.8 Å². The van der Waals surface area contributed by atoms with Crippen molar-refractivity contribution < 1.29 is 14.3 Å². The van der Waals surface area contributed by atoms with Crippen molar-refractivity contribution in [1.82, 2.24) is 10.2 Å². The van der Waals surface area contributed by atoms with Gasteiger partial charge in [-0.2, -0.15) is 5.26 Å². The minimum Gasteiger partial charge on any atom is -0.379 e. The molecule has 1 aliphatic carbocycles. The Morgan fingerprint density at radius 1 is 1.53 bits per heavy atom. The molecule has 6 nitrogen and oxygen atoms in total. The summed E-state index contributed by atoms with van der Waals surface area (Å²) < 4.78 is 5.36. The molecule has 0 saturated heterocycles. The van der Waals surface area contributed by atoms with Crippen LogP contribution in [-0.4, -0.2) is 50.1 Å². The molecule has 1 fully saturated rings. The highest BCUT2D eigenvalue weighted by Crippen LogP contribution is 2.28. The number of ether oxygens (including phenoxy) is 1. The van der Waals surface area contributed by atoms with Crippen molar-refractivity contribution in [3.05, 3.63) is 0 Å². The molecule has 2 amide bonds. The van der Waals surface area contributed by atoms with Crippen LogP contribution in [0.25, 0.3) is 0 Å². The molecule has 6 heteroatoms. The molecule has 0 aliphatic heterocycles. The Hall–Kier alpha value is -1.61. The minimum atomic E-state index is -0.753. The lowest BCUT2D eigenvalue weighted by atomic mass is 10.4. The van der Waals surface area contributed by atoms with Crippen LogP contribution >= 0.6 is 0 Å². The summed E-state index contributed by atoms with van der Waals surface area (Å²) >= 11 is 0. The van der Waals surface area contributed by atoms with E-state index in [1.807, 2.05) is 0 Å². The second-order valence-electron chi connectivity index (χ2n) is 4.09. The summed E-state index contributed by atoms with van der Waals surface area (Å²) in [7, 11) is 1.54. The van der Waals surface area contributed by atoms with Gasteiger partial charge in [-0.3, -0.25) is 9.59 Å². The lowest BCUT2D eigenvalue weighted by Gasteiger charge is -2.16. The molecule has 0 aromatic heterocycles. The molecule has 0 heterocycles. The van der Waals surface area contributed by atoms with Gasteiger partial charge in [0.05, 0.1) is 12.7 Å². The second-order valence-corrected chi connectivity index (χ2v) is 4.09. The first-order valence-electron chi connectivity index (χ1n) is 5.63. The van der Waals surface area contributed by atoms with Crippen molar-refractivity contribution in [2.24, 2.45) is 5.92 Å². The molecule has 1 N–H and O–H groups in total. The van der Waals surface area contributed by atoms with Crippen LogP contribution in [0.5, 0.6) is 0 Å². The lowest BCUT2D eigenvalue weighted by molar-refractivity contribution is -0.145. The van der Waals surface area contributed by atoms with Gasteiger partial charge < -0.3 is 15.0 Å². The zero-order chi connectivity index (χ0) is 12.7. The predicted molar refractivity (Wildman–Crippen MR) is 59.8 cm³/mol. The average molecular weight is 239 g/mol. The highest BCUT2D eigenvalue weighted by molar-refractivity contribution is 6.34. The molecule has 1 saturated carbocycles. The van der Waals surface area contributed by atoms with Crippen LogP contribution < -0.4 is 5.32 Å². The summed E-state index contributed by atoms with van der Waals surface area (Å²) in [6.07, 6.45) is 2.46. The summed E-state index contributed by atoms with van der Waals surface area (Å²) in [6.45, 7) is 1.40. The first kappa shape index (κ1) is 13.5. The van der Waals surface area contributed by atoms with Crippen LogP contribution in [0.3, 0.4) is 0 Å². The summed E-state index contributed by atoms with van der Waals surface area (Å²) in [6, 6.07) is 1.74. The highest BCUT2D eigenvalue weighted by atomic mass is 16.5. The Bertz CT molecular complexity index is 320. The first-order chi connectivity index (χ1) is 8.15. The van der Waals surface area contributed by atoms with Gasteiger partial charge in [-0.1, -0.05) is 0 Å². The Morgan fingerprint density at radius 3 is 2.82 bits per heavy atom. The molecule has 0 aromatic rings. The first-order valence-corrected chi connectivity index (χ1v) is 5.63. The molecule has 0 bridgehead atoms. The summed E-state index contributed by atoms with van der Waals surface area (Å²) in [5, 5.41) is 10.5. The quantitative estimate of drug-likeness (QED) is 0.385. The molecule has 1 rings (SSSR count). The Labute approximate surface area is 101 Å². The molecular formula is C11H17N3O3. The maximum atomic E-state index is 11.4. The van der Waals surface area contributed by atoms with Gasteiger partial charge in [-0.05, 0) is 18.8 Å². The van der Waals surface area contributed by atoms with Crippen LogP contribution in [0.2, 0.25) is 0 Å². The number of nitrogens with zero attached hydrogens (tertiary/aromatic N) is 2. The fourth-order valence-electron chi connectivity index (χ4n) is 1.21. The third-order valence-electron chi connectivity index (χ3n) is 2.49. The van der Waals surface area contributed by atoms with E-state index in [1.54, 1.807) is 6.07 Å². The molecule has 0 spiro atoms. The monoisotopic (exact) mass is 239 g/mol. The normalized spacial score (nSPS) is 13.9. The van der Waals surface area contributed by atoms with Crippen molar-refractivity contribution in [2.75, 3.05) is 33.4 Å². The number of likely N-dealkylation sites (N-methyl/N-ethyl adjacent to an activating group) is 1. The SMILES string of the molecule is CN(CCOCC1CC1)C(=O)C(=O)NCC#N. The van der Waals surface area contributed by atoms with Gasteiger partial charge in [0.15, 0.2) is 0 Å². The van der Waals surface area contributed by atoms with E-state index < -0.39 is 11.8 Å². The van der Waals surface area contributed by atoms with E-state index in [-0.39, 0.29) is 6.54 Å². The maximum absolute atomic E-state index is 11.4. The number of carbonyl (C=O) groups is 2. The van der Waals surface area contributed by atoms with Gasteiger partial charge in [0.2, 0.25) is 0 Å². The maximum Gasteiger partial charge on any atom is 0.311 e. The molecule has 0 atom stereocenters. The summed E-state index contributed by atoms with van der Waals surface area (Å²) in [4.78, 5) is 23.9. The third kappa shape index (κ3) is 5.31. The van der Waals surface area contributed by atoms with Gasteiger partial charge in [0.25, 0.3) is 0 Å². The Morgan fingerprint density at radius 2 is 2.24 bits per heavy atom. The zero-order valence-electron chi connectivity index (χ0n) is 9.94. The molecule has 17 heavy (non-hydrogen) atoms.